The Morgan fingerprint density at radius 2 is 1.68 bits per heavy atom. The lowest BCUT2D eigenvalue weighted by Crippen LogP contribution is -2.28. The van der Waals surface area contributed by atoms with Crippen molar-refractivity contribution in [2.24, 2.45) is 4.99 Å². The number of amides is 1. The normalized spacial score (nSPS) is 15.6. The maximum Gasteiger partial charge on any atom is 0.337 e. The van der Waals surface area contributed by atoms with Gasteiger partial charge in [-0.2, -0.15) is 0 Å². The average Bonchev–Trinajstić information content (AvgIpc) is 3.49. The van der Waals surface area contributed by atoms with Crippen molar-refractivity contribution in [2.45, 2.75) is 13.1 Å². The summed E-state index contributed by atoms with van der Waals surface area (Å²) in [6.45, 7) is 0.867. The van der Waals surface area contributed by atoms with Crippen LogP contribution in [0.2, 0.25) is 5.02 Å². The molecule has 1 aromatic heterocycles. The first kappa shape index (κ1) is 24.6. The number of carboxylic acids is 1. The summed E-state index contributed by atoms with van der Waals surface area (Å²) in [6, 6.07) is 27.8. The second kappa shape index (κ2) is 10.9. The number of carboxylic acid groups (broad SMARTS) is 1. The zero-order chi connectivity index (χ0) is 25.8. The van der Waals surface area contributed by atoms with Crippen LogP contribution in [0.3, 0.4) is 0 Å². The first-order valence-corrected chi connectivity index (χ1v) is 12.6. The minimum Gasteiger partial charge on any atom is -0.478 e. The standard InChI is InChI=1S/C29H21ClN2O4S/c30-24-13-11-21(15-23(24)28(34)35)25-14-12-22(36-25)16-26-27(33)32(18-20-9-5-2-6-10-20)29(37-26)31-17-19-7-3-1-4-8-19/h1-16H,17-18H2,(H,34,35)/b26-16-,31-29?. The molecule has 4 aromatic rings. The molecule has 5 rings (SSSR count). The third kappa shape index (κ3) is 5.69. The van der Waals surface area contributed by atoms with E-state index >= 15 is 0 Å². The van der Waals surface area contributed by atoms with Crippen molar-refractivity contribution in [1.29, 1.82) is 0 Å². The van der Waals surface area contributed by atoms with Gasteiger partial charge in [0.05, 0.1) is 28.6 Å². The fourth-order valence-corrected chi connectivity index (χ4v) is 4.99. The molecular formula is C29H21ClN2O4S. The Bertz CT molecular complexity index is 1510. The highest BCUT2D eigenvalue weighted by Crippen LogP contribution is 2.35. The Balaban J connectivity index is 1.42. The zero-order valence-corrected chi connectivity index (χ0v) is 21.1. The summed E-state index contributed by atoms with van der Waals surface area (Å²) < 4.78 is 5.94. The monoisotopic (exact) mass is 528 g/mol. The van der Waals surface area contributed by atoms with Crippen LogP contribution in [0, 0.1) is 0 Å². The van der Waals surface area contributed by atoms with Gasteiger partial charge < -0.3 is 9.52 Å². The van der Waals surface area contributed by atoms with E-state index in [0.29, 0.717) is 40.2 Å². The van der Waals surface area contributed by atoms with Crippen LogP contribution in [-0.4, -0.2) is 27.1 Å². The molecule has 1 amide bonds. The summed E-state index contributed by atoms with van der Waals surface area (Å²) in [4.78, 5) is 31.8. The number of amidine groups is 1. The highest BCUT2D eigenvalue weighted by molar-refractivity contribution is 8.18. The fourth-order valence-electron chi connectivity index (χ4n) is 3.83. The quantitative estimate of drug-likeness (QED) is 0.262. The number of rotatable bonds is 7. The van der Waals surface area contributed by atoms with Crippen molar-refractivity contribution < 1.29 is 19.1 Å². The number of hydrogen-bond acceptors (Lipinski definition) is 5. The molecule has 8 heteroatoms. The molecule has 1 aliphatic rings. The zero-order valence-electron chi connectivity index (χ0n) is 19.5. The van der Waals surface area contributed by atoms with Gasteiger partial charge in [0.2, 0.25) is 0 Å². The average molecular weight is 529 g/mol. The van der Waals surface area contributed by atoms with Crippen molar-refractivity contribution in [2.75, 3.05) is 0 Å². The second-order valence-electron chi connectivity index (χ2n) is 8.27. The highest BCUT2D eigenvalue weighted by atomic mass is 35.5. The van der Waals surface area contributed by atoms with Gasteiger partial charge >= 0.3 is 5.97 Å². The van der Waals surface area contributed by atoms with Gasteiger partial charge in [-0.25, -0.2) is 4.79 Å². The minimum atomic E-state index is -1.12. The third-order valence-electron chi connectivity index (χ3n) is 5.69. The Morgan fingerprint density at radius 1 is 0.973 bits per heavy atom. The van der Waals surface area contributed by atoms with Crippen LogP contribution >= 0.6 is 23.4 Å². The topological polar surface area (TPSA) is 83.1 Å². The maximum atomic E-state index is 13.4. The SMILES string of the molecule is O=C(O)c1cc(-c2ccc(/C=C3\SC(=NCc4ccccc4)N(Cc4ccccc4)C3=O)o2)ccc1Cl. The van der Waals surface area contributed by atoms with Crippen LogP contribution in [0.25, 0.3) is 17.4 Å². The van der Waals surface area contributed by atoms with E-state index in [0.717, 1.165) is 11.1 Å². The number of carbonyl (C=O) groups is 2. The molecule has 0 atom stereocenters. The van der Waals surface area contributed by atoms with Crippen molar-refractivity contribution >= 4 is 46.5 Å². The number of halogens is 1. The van der Waals surface area contributed by atoms with Gasteiger partial charge in [-0.3, -0.25) is 14.7 Å². The van der Waals surface area contributed by atoms with E-state index in [2.05, 4.69) is 0 Å². The molecule has 0 radical (unpaired) electrons. The van der Waals surface area contributed by atoms with Gasteiger partial charge in [-0.15, -0.1) is 0 Å². The van der Waals surface area contributed by atoms with E-state index in [-0.39, 0.29) is 16.5 Å². The van der Waals surface area contributed by atoms with E-state index in [1.165, 1.54) is 23.9 Å². The molecule has 1 aliphatic heterocycles. The first-order chi connectivity index (χ1) is 18.0. The molecule has 0 saturated carbocycles. The van der Waals surface area contributed by atoms with E-state index in [1.54, 1.807) is 29.2 Å². The summed E-state index contributed by atoms with van der Waals surface area (Å²) in [5, 5.41) is 10.1. The lowest BCUT2D eigenvalue weighted by molar-refractivity contribution is -0.122. The van der Waals surface area contributed by atoms with Gasteiger partial charge in [0.15, 0.2) is 5.17 Å². The van der Waals surface area contributed by atoms with Crippen LogP contribution in [0.4, 0.5) is 0 Å². The lowest BCUT2D eigenvalue weighted by atomic mass is 10.1. The molecular weight excluding hydrogens is 508 g/mol. The highest BCUT2D eigenvalue weighted by Gasteiger charge is 2.33. The molecule has 37 heavy (non-hydrogen) atoms. The maximum absolute atomic E-state index is 13.4. The molecule has 3 aromatic carbocycles. The molecule has 2 heterocycles. The first-order valence-electron chi connectivity index (χ1n) is 11.4. The second-order valence-corrected chi connectivity index (χ2v) is 9.69. The summed E-state index contributed by atoms with van der Waals surface area (Å²) in [5.74, 6) is -0.324. The van der Waals surface area contributed by atoms with Gasteiger partial charge in [0.1, 0.15) is 11.5 Å². The molecule has 6 nitrogen and oxygen atoms in total. The molecule has 0 unspecified atom stereocenters. The molecule has 0 aliphatic carbocycles. The van der Waals surface area contributed by atoms with Crippen LogP contribution < -0.4 is 0 Å². The molecule has 1 fully saturated rings. The van der Waals surface area contributed by atoms with Gasteiger partial charge in [0, 0.05) is 11.6 Å². The lowest BCUT2D eigenvalue weighted by Gasteiger charge is -2.15. The molecule has 1 saturated heterocycles. The summed E-state index contributed by atoms with van der Waals surface area (Å²) >= 11 is 7.29. The Kier molecular flexibility index (Phi) is 7.25. The predicted octanol–water partition coefficient (Wildman–Crippen LogP) is 6.97. The Hall–Kier alpha value is -4.07. The van der Waals surface area contributed by atoms with E-state index in [4.69, 9.17) is 21.0 Å². The minimum absolute atomic E-state index is 0.00665. The molecule has 0 bridgehead atoms. The Labute approximate surface area is 222 Å². The smallest absolute Gasteiger partial charge is 0.337 e. The van der Waals surface area contributed by atoms with Crippen LogP contribution in [0.5, 0.6) is 0 Å². The van der Waals surface area contributed by atoms with Gasteiger partial charge in [-0.1, -0.05) is 72.3 Å². The van der Waals surface area contributed by atoms with Gasteiger partial charge in [-0.05, 0) is 53.2 Å². The van der Waals surface area contributed by atoms with E-state index in [1.807, 2.05) is 60.7 Å². The van der Waals surface area contributed by atoms with Crippen molar-refractivity contribution in [3.8, 4) is 11.3 Å². The number of hydrogen-bond donors (Lipinski definition) is 1. The predicted molar refractivity (Wildman–Crippen MR) is 146 cm³/mol. The van der Waals surface area contributed by atoms with Crippen LogP contribution in [-0.2, 0) is 17.9 Å². The summed E-state index contributed by atoms with van der Waals surface area (Å²) in [6.07, 6.45) is 1.69. The molecule has 0 spiro atoms. The van der Waals surface area contributed by atoms with Crippen LogP contribution in [0.1, 0.15) is 27.2 Å². The van der Waals surface area contributed by atoms with Crippen LogP contribution in [0.15, 0.2) is 105 Å². The third-order valence-corrected chi connectivity index (χ3v) is 7.07. The fraction of sp³-hybridized carbons (Fsp3) is 0.0690. The number of aliphatic imine (C=N–C) groups is 1. The van der Waals surface area contributed by atoms with Crippen molar-refractivity contribution in [3.63, 3.8) is 0 Å². The van der Waals surface area contributed by atoms with Gasteiger partial charge in [0.25, 0.3) is 5.91 Å². The number of nitrogens with zero attached hydrogens (tertiary/aromatic N) is 2. The number of furan rings is 1. The summed E-state index contributed by atoms with van der Waals surface area (Å²) in [5.41, 5.74) is 2.63. The number of carbonyl (C=O) groups excluding carboxylic acids is 1. The number of thioether (sulfide) groups is 1. The van der Waals surface area contributed by atoms with E-state index < -0.39 is 5.97 Å². The summed E-state index contributed by atoms with van der Waals surface area (Å²) in [7, 11) is 0. The van der Waals surface area contributed by atoms with E-state index in [9.17, 15) is 14.7 Å². The van der Waals surface area contributed by atoms with Crippen molar-refractivity contribution in [1.82, 2.24) is 4.90 Å². The molecule has 184 valence electrons. The largest absolute Gasteiger partial charge is 0.478 e. The Morgan fingerprint density at radius 3 is 2.38 bits per heavy atom. The van der Waals surface area contributed by atoms with Crippen molar-refractivity contribution in [3.05, 3.63) is 123 Å². The molecule has 1 N–H and O–H groups in total. The number of benzene rings is 3. The number of aromatic carboxylic acids is 1.